The van der Waals surface area contributed by atoms with Crippen molar-refractivity contribution in [3.05, 3.63) is 12.4 Å². The Hall–Kier alpha value is -1.59. The third-order valence-corrected chi connectivity index (χ3v) is 1.44. The van der Waals surface area contributed by atoms with Gasteiger partial charge in [-0.05, 0) is 6.92 Å². The molecule has 1 rings (SSSR count). The van der Waals surface area contributed by atoms with Crippen LogP contribution in [0.3, 0.4) is 0 Å². The van der Waals surface area contributed by atoms with Crippen molar-refractivity contribution >= 4 is 5.96 Å². The van der Waals surface area contributed by atoms with E-state index in [0.717, 1.165) is 6.54 Å². The Balaban J connectivity index is 2.24. The molecule has 0 aromatic carbocycles. The van der Waals surface area contributed by atoms with Gasteiger partial charge in [-0.3, -0.25) is 9.67 Å². The molecule has 0 saturated heterocycles. The van der Waals surface area contributed by atoms with Crippen molar-refractivity contribution in [2.45, 2.75) is 13.5 Å². The van der Waals surface area contributed by atoms with Crippen molar-refractivity contribution < 1.29 is 0 Å². The van der Waals surface area contributed by atoms with Crippen LogP contribution in [0.1, 0.15) is 6.92 Å². The first-order valence-corrected chi connectivity index (χ1v) is 4.21. The summed E-state index contributed by atoms with van der Waals surface area (Å²) in [5.74, 6) is 0.475. The number of nitrogens with one attached hydrogen (secondary N) is 1. The summed E-state index contributed by atoms with van der Waals surface area (Å²) in [7, 11) is 0. The molecule has 0 aliphatic rings. The molecule has 6 heteroatoms. The van der Waals surface area contributed by atoms with E-state index in [9.17, 15) is 0 Å². The minimum Gasteiger partial charge on any atom is -0.370 e. The molecule has 0 fully saturated rings. The Morgan fingerprint density at radius 1 is 1.69 bits per heavy atom. The summed E-state index contributed by atoms with van der Waals surface area (Å²) in [5, 5.41) is 10.4. The minimum atomic E-state index is 0.475. The van der Waals surface area contributed by atoms with E-state index in [1.807, 2.05) is 6.92 Å². The number of nitrogens with zero attached hydrogens (tertiary/aromatic N) is 4. The highest BCUT2D eigenvalue weighted by Crippen LogP contribution is 1.81. The van der Waals surface area contributed by atoms with Crippen molar-refractivity contribution in [2.75, 3.05) is 13.1 Å². The van der Waals surface area contributed by atoms with Crippen molar-refractivity contribution in [1.29, 1.82) is 0 Å². The lowest BCUT2D eigenvalue weighted by atomic mass is 10.6. The summed E-state index contributed by atoms with van der Waals surface area (Å²) in [4.78, 5) is 4.08. The lowest BCUT2D eigenvalue weighted by Gasteiger charge is -2.01. The van der Waals surface area contributed by atoms with Crippen LogP contribution in [-0.4, -0.2) is 34.0 Å². The van der Waals surface area contributed by atoms with Crippen LogP contribution in [0.15, 0.2) is 17.4 Å². The summed E-state index contributed by atoms with van der Waals surface area (Å²) < 4.78 is 1.71. The molecule has 3 N–H and O–H groups in total. The highest BCUT2D eigenvalue weighted by atomic mass is 15.4. The normalized spacial score (nSPS) is 11.6. The molecule has 0 bridgehead atoms. The van der Waals surface area contributed by atoms with Crippen LogP contribution in [0, 0.1) is 0 Å². The van der Waals surface area contributed by atoms with Crippen molar-refractivity contribution in [2.24, 2.45) is 10.7 Å². The monoisotopic (exact) mass is 182 g/mol. The van der Waals surface area contributed by atoms with E-state index in [2.05, 4.69) is 20.6 Å². The number of aromatic nitrogens is 3. The van der Waals surface area contributed by atoms with Crippen LogP contribution >= 0.6 is 0 Å². The highest BCUT2D eigenvalue weighted by Gasteiger charge is 1.90. The molecule has 1 heterocycles. The second kappa shape index (κ2) is 5.13. The lowest BCUT2D eigenvalue weighted by molar-refractivity contribution is 0.598. The van der Waals surface area contributed by atoms with Gasteiger partial charge in [0, 0.05) is 12.7 Å². The fraction of sp³-hybridized carbons (Fsp3) is 0.571. The number of nitrogens with two attached hydrogens (primary N) is 1. The second-order valence-corrected chi connectivity index (χ2v) is 2.46. The van der Waals surface area contributed by atoms with Crippen LogP contribution in [-0.2, 0) is 6.54 Å². The number of hydrogen-bond acceptors (Lipinski definition) is 3. The van der Waals surface area contributed by atoms with E-state index < -0.39 is 0 Å². The zero-order valence-corrected chi connectivity index (χ0v) is 7.64. The maximum Gasteiger partial charge on any atom is 0.188 e. The van der Waals surface area contributed by atoms with Crippen LogP contribution in [0.4, 0.5) is 0 Å². The molecular weight excluding hydrogens is 168 g/mol. The quantitative estimate of drug-likeness (QED) is 0.472. The molecule has 0 spiro atoms. The number of hydrogen-bond donors (Lipinski definition) is 2. The first-order chi connectivity index (χ1) is 6.33. The highest BCUT2D eigenvalue weighted by molar-refractivity contribution is 5.77. The van der Waals surface area contributed by atoms with Gasteiger partial charge in [-0.2, -0.15) is 0 Å². The lowest BCUT2D eigenvalue weighted by Crippen LogP contribution is -2.31. The van der Waals surface area contributed by atoms with Gasteiger partial charge < -0.3 is 11.1 Å². The largest absolute Gasteiger partial charge is 0.370 e. The molecule has 72 valence electrons. The first-order valence-electron chi connectivity index (χ1n) is 4.21. The molecule has 0 aliphatic carbocycles. The zero-order valence-electron chi connectivity index (χ0n) is 7.64. The molecule has 1 aromatic rings. The van der Waals surface area contributed by atoms with Gasteiger partial charge in [0.2, 0.25) is 0 Å². The number of guanidine groups is 1. The Morgan fingerprint density at radius 3 is 3.15 bits per heavy atom. The van der Waals surface area contributed by atoms with E-state index >= 15 is 0 Å². The van der Waals surface area contributed by atoms with Crippen LogP contribution in [0.5, 0.6) is 0 Å². The smallest absolute Gasteiger partial charge is 0.188 e. The molecule has 0 unspecified atom stereocenters. The van der Waals surface area contributed by atoms with Gasteiger partial charge in [0.15, 0.2) is 5.96 Å². The molecule has 1 aromatic heterocycles. The van der Waals surface area contributed by atoms with E-state index in [1.54, 1.807) is 17.1 Å². The van der Waals surface area contributed by atoms with Crippen LogP contribution in [0.2, 0.25) is 0 Å². The van der Waals surface area contributed by atoms with Crippen LogP contribution in [0.25, 0.3) is 0 Å². The average Bonchev–Trinajstić information content (AvgIpc) is 2.57. The topological polar surface area (TPSA) is 81.1 Å². The molecule has 0 atom stereocenters. The van der Waals surface area contributed by atoms with E-state index in [4.69, 9.17) is 5.73 Å². The molecule has 13 heavy (non-hydrogen) atoms. The summed E-state index contributed by atoms with van der Waals surface area (Å²) in [6.45, 7) is 4.08. The van der Waals surface area contributed by atoms with Gasteiger partial charge in [-0.25, -0.2) is 0 Å². The van der Waals surface area contributed by atoms with Crippen LogP contribution < -0.4 is 11.1 Å². The average molecular weight is 182 g/mol. The van der Waals surface area contributed by atoms with Crippen molar-refractivity contribution in [3.8, 4) is 0 Å². The minimum absolute atomic E-state index is 0.475. The molecule has 0 amide bonds. The van der Waals surface area contributed by atoms with E-state index in [1.165, 1.54) is 0 Å². The van der Waals surface area contributed by atoms with E-state index in [0.29, 0.717) is 19.0 Å². The number of aliphatic imine (C=N–C) groups is 1. The van der Waals surface area contributed by atoms with Gasteiger partial charge in [0.05, 0.1) is 19.3 Å². The predicted octanol–water partition coefficient (Wildman–Crippen LogP) is -0.798. The van der Waals surface area contributed by atoms with Crippen molar-refractivity contribution in [1.82, 2.24) is 20.3 Å². The second-order valence-electron chi connectivity index (χ2n) is 2.46. The van der Waals surface area contributed by atoms with Crippen molar-refractivity contribution in [3.63, 3.8) is 0 Å². The van der Waals surface area contributed by atoms with Gasteiger partial charge in [-0.1, -0.05) is 5.21 Å². The van der Waals surface area contributed by atoms with Gasteiger partial charge in [0.25, 0.3) is 0 Å². The third-order valence-electron chi connectivity index (χ3n) is 1.44. The summed E-state index contributed by atoms with van der Waals surface area (Å²) in [5.41, 5.74) is 5.52. The van der Waals surface area contributed by atoms with Gasteiger partial charge >= 0.3 is 0 Å². The Kier molecular flexibility index (Phi) is 3.74. The SMILES string of the molecule is CCNC(N)=NCCn1ccnn1. The van der Waals surface area contributed by atoms with Gasteiger partial charge in [-0.15, -0.1) is 5.10 Å². The molecule has 0 aliphatic heterocycles. The standard InChI is InChI=1S/C7H14N6/c1-2-9-7(8)10-3-5-13-6-4-11-12-13/h4,6H,2-3,5H2,1H3,(H3,8,9,10). The summed E-state index contributed by atoms with van der Waals surface area (Å²) >= 11 is 0. The Morgan fingerprint density at radius 2 is 2.54 bits per heavy atom. The Bertz CT molecular complexity index is 252. The fourth-order valence-electron chi connectivity index (χ4n) is 0.862. The first kappa shape index (κ1) is 9.50. The number of rotatable bonds is 4. The molecule has 0 radical (unpaired) electrons. The van der Waals surface area contributed by atoms with E-state index in [-0.39, 0.29) is 0 Å². The maximum absolute atomic E-state index is 5.52. The summed E-state index contributed by atoms with van der Waals surface area (Å²) in [6, 6.07) is 0. The third kappa shape index (κ3) is 3.55. The zero-order chi connectivity index (χ0) is 9.52. The fourth-order valence-corrected chi connectivity index (χ4v) is 0.862. The summed E-state index contributed by atoms with van der Waals surface area (Å²) in [6.07, 6.45) is 3.43. The Labute approximate surface area is 76.8 Å². The molecular formula is C7H14N6. The van der Waals surface area contributed by atoms with Gasteiger partial charge in [0.1, 0.15) is 0 Å². The molecule has 6 nitrogen and oxygen atoms in total. The predicted molar refractivity (Wildman–Crippen MR) is 50.2 cm³/mol. The maximum atomic E-state index is 5.52. The molecule has 0 saturated carbocycles.